The highest BCUT2D eigenvalue weighted by atomic mass is 19.3. The number of ether oxygens (including phenoxy) is 1. The molecule has 0 spiro atoms. The zero-order valence-electron chi connectivity index (χ0n) is 7.28. The summed E-state index contributed by atoms with van der Waals surface area (Å²) in [4.78, 5) is 10.4. The average Bonchev–Trinajstić information content (AvgIpc) is 2.46. The molecule has 1 heterocycles. The van der Waals surface area contributed by atoms with Crippen LogP contribution in [0.15, 0.2) is 6.07 Å². The van der Waals surface area contributed by atoms with E-state index in [0.29, 0.717) is 0 Å². The van der Waals surface area contributed by atoms with Gasteiger partial charge in [-0.15, -0.1) is 0 Å². The van der Waals surface area contributed by atoms with E-state index in [1.807, 2.05) is 0 Å². The van der Waals surface area contributed by atoms with E-state index in [9.17, 15) is 13.6 Å². The first-order valence-electron chi connectivity index (χ1n) is 3.80. The third-order valence-electron chi connectivity index (χ3n) is 1.47. The van der Waals surface area contributed by atoms with Gasteiger partial charge in [0, 0.05) is 12.6 Å². The SMILES string of the molecule is CCn1nc(C(=O)O)cc1OC(F)F. The molecule has 1 aromatic heterocycles. The van der Waals surface area contributed by atoms with Crippen LogP contribution in [0.2, 0.25) is 0 Å². The summed E-state index contributed by atoms with van der Waals surface area (Å²) in [6.07, 6.45) is 0. The van der Waals surface area contributed by atoms with E-state index in [0.717, 1.165) is 10.7 Å². The van der Waals surface area contributed by atoms with Crippen LogP contribution in [-0.2, 0) is 6.54 Å². The van der Waals surface area contributed by atoms with Gasteiger partial charge in [0.25, 0.3) is 0 Å². The van der Waals surface area contributed by atoms with Gasteiger partial charge in [-0.25, -0.2) is 9.48 Å². The molecular weight excluding hydrogens is 198 g/mol. The number of nitrogens with zero attached hydrogens (tertiary/aromatic N) is 2. The standard InChI is InChI=1S/C7H8F2N2O3/c1-2-11-5(14-7(8)9)3-4(10-11)6(12)13/h3,7H,2H2,1H3,(H,12,13). The molecule has 0 fully saturated rings. The van der Waals surface area contributed by atoms with Crippen LogP contribution >= 0.6 is 0 Å². The molecule has 0 aliphatic carbocycles. The van der Waals surface area contributed by atoms with Crippen molar-refractivity contribution in [3.8, 4) is 5.88 Å². The molecule has 5 nitrogen and oxygen atoms in total. The minimum Gasteiger partial charge on any atom is -0.476 e. The maximum Gasteiger partial charge on any atom is 0.388 e. The van der Waals surface area contributed by atoms with Crippen LogP contribution in [0.3, 0.4) is 0 Å². The fraction of sp³-hybridized carbons (Fsp3) is 0.429. The van der Waals surface area contributed by atoms with Gasteiger partial charge >= 0.3 is 12.6 Å². The van der Waals surface area contributed by atoms with E-state index in [1.165, 1.54) is 0 Å². The van der Waals surface area contributed by atoms with Crippen molar-refractivity contribution >= 4 is 5.97 Å². The molecule has 0 atom stereocenters. The van der Waals surface area contributed by atoms with Crippen molar-refractivity contribution in [2.24, 2.45) is 0 Å². The maximum absolute atomic E-state index is 11.8. The molecule has 14 heavy (non-hydrogen) atoms. The highest BCUT2D eigenvalue weighted by molar-refractivity contribution is 5.85. The lowest BCUT2D eigenvalue weighted by molar-refractivity contribution is -0.0557. The second-order valence-corrected chi connectivity index (χ2v) is 2.37. The third kappa shape index (κ3) is 2.18. The minimum absolute atomic E-state index is 0.250. The Morgan fingerprint density at radius 3 is 2.86 bits per heavy atom. The Hall–Kier alpha value is -1.66. The summed E-state index contributed by atoms with van der Waals surface area (Å²) in [5.74, 6) is -1.53. The van der Waals surface area contributed by atoms with Crippen LogP contribution in [0.5, 0.6) is 5.88 Å². The molecule has 0 aromatic carbocycles. The van der Waals surface area contributed by atoms with Gasteiger partial charge in [-0.05, 0) is 6.92 Å². The Kier molecular flexibility index (Phi) is 3.00. The Balaban J connectivity index is 2.96. The van der Waals surface area contributed by atoms with Crippen molar-refractivity contribution in [1.29, 1.82) is 0 Å². The topological polar surface area (TPSA) is 64.4 Å². The van der Waals surface area contributed by atoms with Crippen molar-refractivity contribution in [3.63, 3.8) is 0 Å². The van der Waals surface area contributed by atoms with E-state index in [-0.39, 0.29) is 18.1 Å². The van der Waals surface area contributed by atoms with Crippen LogP contribution in [0, 0.1) is 0 Å². The molecule has 78 valence electrons. The molecule has 1 N–H and O–H groups in total. The number of carbonyl (C=O) groups is 1. The molecule has 0 amide bonds. The summed E-state index contributed by atoms with van der Waals surface area (Å²) in [5.41, 5.74) is -0.317. The number of carboxylic acids is 1. The number of carboxylic acid groups (broad SMARTS) is 1. The van der Waals surface area contributed by atoms with Crippen molar-refractivity contribution in [3.05, 3.63) is 11.8 Å². The summed E-state index contributed by atoms with van der Waals surface area (Å²) in [5, 5.41) is 12.1. The van der Waals surface area contributed by atoms with Gasteiger partial charge in [0.2, 0.25) is 5.88 Å². The number of rotatable bonds is 4. The number of hydrogen-bond donors (Lipinski definition) is 1. The summed E-state index contributed by atoms with van der Waals surface area (Å²) in [6, 6.07) is 0.956. The Labute approximate surface area is 77.9 Å². The molecular formula is C7H8F2N2O3. The number of aryl methyl sites for hydroxylation is 1. The first-order chi connectivity index (χ1) is 6.54. The third-order valence-corrected chi connectivity index (χ3v) is 1.47. The quantitative estimate of drug-likeness (QED) is 0.803. The normalized spacial score (nSPS) is 10.6. The van der Waals surface area contributed by atoms with Gasteiger partial charge in [-0.1, -0.05) is 0 Å². The van der Waals surface area contributed by atoms with E-state index in [2.05, 4.69) is 9.84 Å². The highest BCUT2D eigenvalue weighted by Gasteiger charge is 2.15. The van der Waals surface area contributed by atoms with Crippen molar-refractivity contribution in [2.75, 3.05) is 0 Å². The molecule has 1 aromatic rings. The lowest BCUT2D eigenvalue weighted by Gasteiger charge is -2.04. The molecule has 0 radical (unpaired) electrons. The molecule has 0 aliphatic rings. The van der Waals surface area contributed by atoms with E-state index >= 15 is 0 Å². The number of aromatic nitrogens is 2. The Morgan fingerprint density at radius 2 is 2.43 bits per heavy atom. The van der Waals surface area contributed by atoms with Crippen LogP contribution in [-0.4, -0.2) is 27.5 Å². The van der Waals surface area contributed by atoms with Gasteiger partial charge in [0.15, 0.2) is 5.69 Å². The van der Waals surface area contributed by atoms with Crippen molar-refractivity contribution in [1.82, 2.24) is 9.78 Å². The van der Waals surface area contributed by atoms with Gasteiger partial charge in [-0.2, -0.15) is 13.9 Å². The smallest absolute Gasteiger partial charge is 0.388 e. The number of halogens is 2. The van der Waals surface area contributed by atoms with Gasteiger partial charge < -0.3 is 9.84 Å². The van der Waals surface area contributed by atoms with Gasteiger partial charge in [0.05, 0.1) is 0 Å². The summed E-state index contributed by atoms with van der Waals surface area (Å²) in [6.45, 7) is -1.09. The Bertz CT molecular complexity index is 338. The molecule has 0 saturated carbocycles. The zero-order chi connectivity index (χ0) is 10.7. The van der Waals surface area contributed by atoms with E-state index in [4.69, 9.17) is 5.11 Å². The van der Waals surface area contributed by atoms with E-state index < -0.39 is 12.6 Å². The second-order valence-electron chi connectivity index (χ2n) is 2.37. The largest absolute Gasteiger partial charge is 0.476 e. The molecule has 0 aliphatic heterocycles. The fourth-order valence-electron chi connectivity index (χ4n) is 0.917. The number of hydrogen-bond acceptors (Lipinski definition) is 3. The molecule has 0 saturated heterocycles. The molecule has 1 rings (SSSR count). The van der Waals surface area contributed by atoms with Crippen LogP contribution in [0.25, 0.3) is 0 Å². The number of alkyl halides is 2. The fourth-order valence-corrected chi connectivity index (χ4v) is 0.917. The van der Waals surface area contributed by atoms with Crippen LogP contribution < -0.4 is 4.74 Å². The monoisotopic (exact) mass is 206 g/mol. The highest BCUT2D eigenvalue weighted by Crippen LogP contribution is 2.16. The lowest BCUT2D eigenvalue weighted by atomic mass is 10.4. The summed E-state index contributed by atoms with van der Waals surface area (Å²) >= 11 is 0. The molecule has 7 heteroatoms. The zero-order valence-corrected chi connectivity index (χ0v) is 7.28. The average molecular weight is 206 g/mol. The summed E-state index contributed by atoms with van der Waals surface area (Å²) < 4.78 is 28.8. The lowest BCUT2D eigenvalue weighted by Crippen LogP contribution is -2.08. The first kappa shape index (κ1) is 10.4. The van der Waals surface area contributed by atoms with Crippen LogP contribution in [0.1, 0.15) is 17.4 Å². The first-order valence-corrected chi connectivity index (χ1v) is 3.80. The number of aromatic carboxylic acids is 1. The van der Waals surface area contributed by atoms with Crippen LogP contribution in [0.4, 0.5) is 8.78 Å². The van der Waals surface area contributed by atoms with Crippen molar-refractivity contribution < 1.29 is 23.4 Å². The maximum atomic E-state index is 11.8. The van der Waals surface area contributed by atoms with Gasteiger partial charge in [-0.3, -0.25) is 0 Å². The summed E-state index contributed by atoms with van der Waals surface area (Å²) in [7, 11) is 0. The predicted octanol–water partition coefficient (Wildman–Crippen LogP) is 1.20. The molecule has 0 bridgehead atoms. The Morgan fingerprint density at radius 1 is 1.79 bits per heavy atom. The minimum atomic E-state index is -2.99. The van der Waals surface area contributed by atoms with E-state index in [1.54, 1.807) is 6.92 Å². The van der Waals surface area contributed by atoms with Gasteiger partial charge in [0.1, 0.15) is 0 Å². The second kappa shape index (κ2) is 4.03. The molecule has 0 unspecified atom stereocenters. The predicted molar refractivity (Wildman–Crippen MR) is 41.5 cm³/mol. The van der Waals surface area contributed by atoms with Crippen molar-refractivity contribution in [2.45, 2.75) is 20.1 Å².